The number of methoxy groups -OCH3 is 1. The summed E-state index contributed by atoms with van der Waals surface area (Å²) in [6.07, 6.45) is -3.17. The van der Waals surface area contributed by atoms with Crippen molar-refractivity contribution in [3.8, 4) is 0 Å². The Hall–Kier alpha value is -3.82. The molecule has 1 aromatic carbocycles. The largest absolute Gasteiger partial charge is 0.460 e. The van der Waals surface area contributed by atoms with E-state index >= 15 is 0 Å². The molecule has 216 valence electrons. The second-order valence-electron chi connectivity index (χ2n) is 10.0. The lowest BCUT2D eigenvalue weighted by molar-refractivity contribution is -0.741. The number of hydrogen-bond acceptors (Lipinski definition) is 8. The predicted molar refractivity (Wildman–Crippen MR) is 126 cm³/mol. The van der Waals surface area contributed by atoms with Crippen LogP contribution >= 0.6 is 0 Å². The van der Waals surface area contributed by atoms with Crippen LogP contribution in [-0.2, 0) is 11.8 Å². The number of benzene rings is 1. The third kappa shape index (κ3) is 5.57. The molecule has 2 N–H and O–H groups in total. The first kappa shape index (κ1) is 27.7. The standard InChI is InChI=1S/C24H27F4N7O5/c1-34-20(32-40-33-34)21(36)31-18(12-5-7-24(27,28)8-6-12)22-29-14-9-13(3-4-17(14)39-22)16(11-38-2)35-10-15(19(25)26)30-23(35)37/h3-4,9,12,15-16,18-19H,5-8,10-11H2,1-2H3,(H-,30,31,36,37)/p+1/t15-,16+,18-/m0/s1. The summed E-state index contributed by atoms with van der Waals surface area (Å²) in [5.41, 5.74) is 1.28. The minimum atomic E-state index is -2.79. The molecular weight excluding hydrogens is 542 g/mol. The summed E-state index contributed by atoms with van der Waals surface area (Å²) in [6.45, 7) is -0.168. The fourth-order valence-corrected chi connectivity index (χ4v) is 5.20. The third-order valence-electron chi connectivity index (χ3n) is 7.36. The van der Waals surface area contributed by atoms with Crippen LogP contribution in [0.3, 0.4) is 0 Å². The van der Waals surface area contributed by atoms with E-state index in [0.29, 0.717) is 16.7 Å². The summed E-state index contributed by atoms with van der Waals surface area (Å²) in [5.74, 6) is -3.86. The van der Waals surface area contributed by atoms with Crippen molar-refractivity contribution in [3.05, 3.63) is 35.5 Å². The van der Waals surface area contributed by atoms with Crippen molar-refractivity contribution in [2.45, 2.75) is 56.2 Å². The van der Waals surface area contributed by atoms with Gasteiger partial charge >= 0.3 is 17.8 Å². The van der Waals surface area contributed by atoms with E-state index < -0.39 is 48.3 Å². The maximum atomic E-state index is 13.9. The molecule has 0 unspecified atom stereocenters. The molecule has 0 bridgehead atoms. The number of halogens is 4. The molecule has 2 fully saturated rings. The zero-order chi connectivity index (χ0) is 28.6. The van der Waals surface area contributed by atoms with E-state index in [1.165, 1.54) is 19.1 Å². The smallest absolute Gasteiger partial charge is 0.438 e. The van der Waals surface area contributed by atoms with Crippen molar-refractivity contribution < 1.29 is 45.6 Å². The van der Waals surface area contributed by atoms with Crippen molar-refractivity contribution >= 4 is 23.0 Å². The number of urea groups is 1. The van der Waals surface area contributed by atoms with E-state index in [0.717, 1.165) is 4.68 Å². The van der Waals surface area contributed by atoms with E-state index in [9.17, 15) is 27.2 Å². The zero-order valence-electron chi connectivity index (χ0n) is 21.7. The van der Waals surface area contributed by atoms with Gasteiger partial charge in [-0.1, -0.05) is 15.4 Å². The number of amides is 3. The SMILES string of the molecule is COC[C@H](c1ccc2oc([C@@H](NC(=O)c3non[n+]3C)C3CCC(F)(F)CC3)nc2c1)N1C[C@@H](C(F)F)NC1=O. The monoisotopic (exact) mass is 570 g/mol. The summed E-state index contributed by atoms with van der Waals surface area (Å²) in [7, 11) is 2.90. The van der Waals surface area contributed by atoms with Crippen molar-refractivity contribution in [1.82, 2.24) is 30.9 Å². The molecule has 3 amide bonds. The Morgan fingerprint density at radius 3 is 2.70 bits per heavy atom. The number of carbonyl (C=O) groups excluding carboxylic acids is 2. The molecule has 5 rings (SSSR count). The molecule has 0 radical (unpaired) electrons. The Bertz CT molecular complexity index is 1370. The lowest BCUT2D eigenvalue weighted by Crippen LogP contribution is -2.44. The van der Waals surface area contributed by atoms with E-state index in [-0.39, 0.29) is 50.6 Å². The third-order valence-corrected chi connectivity index (χ3v) is 7.36. The second kappa shape index (κ2) is 11.0. The molecule has 1 saturated carbocycles. The van der Waals surface area contributed by atoms with Crippen LogP contribution in [0.1, 0.15) is 59.8 Å². The molecule has 1 saturated heterocycles. The van der Waals surface area contributed by atoms with Gasteiger partial charge < -0.3 is 24.7 Å². The fourth-order valence-electron chi connectivity index (χ4n) is 5.20. The first-order valence-corrected chi connectivity index (χ1v) is 12.7. The van der Waals surface area contributed by atoms with Crippen LogP contribution in [0, 0.1) is 5.92 Å². The molecule has 3 heterocycles. The maximum absolute atomic E-state index is 13.9. The van der Waals surface area contributed by atoms with Gasteiger partial charge in [0, 0.05) is 26.5 Å². The number of carbonyl (C=O) groups is 2. The van der Waals surface area contributed by atoms with Crippen LogP contribution in [0.25, 0.3) is 11.1 Å². The summed E-state index contributed by atoms with van der Waals surface area (Å²) in [6, 6.07) is 1.43. The molecule has 1 aliphatic heterocycles. The van der Waals surface area contributed by atoms with Crippen LogP contribution in [0.5, 0.6) is 0 Å². The molecule has 2 aliphatic rings. The number of hydrogen-bond donors (Lipinski definition) is 2. The lowest BCUT2D eigenvalue weighted by Gasteiger charge is -2.32. The zero-order valence-corrected chi connectivity index (χ0v) is 21.7. The van der Waals surface area contributed by atoms with Crippen molar-refractivity contribution in [2.24, 2.45) is 13.0 Å². The highest BCUT2D eigenvalue weighted by Gasteiger charge is 2.42. The van der Waals surface area contributed by atoms with Crippen molar-refractivity contribution in [2.75, 3.05) is 20.3 Å². The second-order valence-corrected chi connectivity index (χ2v) is 10.0. The average Bonchev–Trinajstić information content (AvgIpc) is 3.63. The van der Waals surface area contributed by atoms with Crippen molar-refractivity contribution in [3.63, 3.8) is 0 Å². The molecule has 1 aliphatic carbocycles. The number of ether oxygens (including phenoxy) is 1. The Kier molecular flexibility index (Phi) is 7.61. The van der Waals surface area contributed by atoms with Crippen molar-refractivity contribution in [1.29, 1.82) is 0 Å². The summed E-state index contributed by atoms with van der Waals surface area (Å²) >= 11 is 0. The predicted octanol–water partition coefficient (Wildman–Crippen LogP) is 2.68. The number of nitrogens with one attached hydrogen (secondary N) is 2. The average molecular weight is 571 g/mol. The van der Waals surface area contributed by atoms with Gasteiger partial charge in [-0.25, -0.2) is 27.3 Å². The van der Waals surface area contributed by atoms with Crippen LogP contribution < -0.4 is 15.3 Å². The van der Waals surface area contributed by atoms with Gasteiger partial charge in [0.1, 0.15) is 24.6 Å². The summed E-state index contributed by atoms with van der Waals surface area (Å²) in [5, 5.41) is 12.2. The number of fused-ring (bicyclic) bond motifs is 1. The topological polar surface area (TPSA) is 140 Å². The quantitative estimate of drug-likeness (QED) is 0.296. The number of oxazole rings is 1. The highest BCUT2D eigenvalue weighted by atomic mass is 19.3. The van der Waals surface area contributed by atoms with Gasteiger partial charge in [0.25, 0.3) is 6.43 Å². The summed E-state index contributed by atoms with van der Waals surface area (Å²) in [4.78, 5) is 31.2. The molecule has 40 heavy (non-hydrogen) atoms. The summed E-state index contributed by atoms with van der Waals surface area (Å²) < 4.78 is 71.3. The molecule has 3 atom stereocenters. The number of nitrogens with zero attached hydrogens (tertiary/aromatic N) is 5. The van der Waals surface area contributed by atoms with Crippen LogP contribution in [0.15, 0.2) is 27.2 Å². The molecule has 16 heteroatoms. The van der Waals surface area contributed by atoms with E-state index in [2.05, 4.69) is 30.7 Å². The van der Waals surface area contributed by atoms with Gasteiger partial charge in [-0.3, -0.25) is 4.79 Å². The highest BCUT2D eigenvalue weighted by molar-refractivity contribution is 5.89. The number of aryl methyl sites for hydroxylation is 1. The molecule has 2 aromatic heterocycles. The Morgan fingerprint density at radius 1 is 1.32 bits per heavy atom. The molecule has 3 aromatic rings. The van der Waals surface area contributed by atoms with Crippen LogP contribution in [0.2, 0.25) is 0 Å². The lowest BCUT2D eigenvalue weighted by atomic mass is 9.82. The van der Waals surface area contributed by atoms with Gasteiger partial charge in [-0.2, -0.15) is 0 Å². The van der Waals surface area contributed by atoms with E-state index in [4.69, 9.17) is 9.15 Å². The maximum Gasteiger partial charge on any atom is 0.460 e. The fraction of sp³-hybridized carbons (Fsp3) is 0.583. The number of rotatable bonds is 9. The number of aromatic nitrogens is 4. The van der Waals surface area contributed by atoms with Gasteiger partial charge in [-0.15, -0.1) is 0 Å². The number of alkyl halides is 4. The van der Waals surface area contributed by atoms with Gasteiger partial charge in [0.05, 0.1) is 12.6 Å². The molecule has 12 nitrogen and oxygen atoms in total. The van der Waals surface area contributed by atoms with Crippen LogP contribution in [0.4, 0.5) is 22.4 Å². The van der Waals surface area contributed by atoms with Gasteiger partial charge in [0.2, 0.25) is 11.8 Å². The van der Waals surface area contributed by atoms with Gasteiger partial charge in [-0.05, 0) is 36.5 Å². The highest BCUT2D eigenvalue weighted by Crippen LogP contribution is 2.42. The van der Waals surface area contributed by atoms with E-state index in [1.54, 1.807) is 18.2 Å². The molecule has 0 spiro atoms. The Morgan fingerprint density at radius 2 is 2.08 bits per heavy atom. The minimum Gasteiger partial charge on any atom is -0.438 e. The minimum absolute atomic E-state index is 0.0390. The molecular formula is C24H28F4N7O5+. The normalized spacial score (nSPS) is 21.1. The Balaban J connectivity index is 1.45. The van der Waals surface area contributed by atoms with Crippen LogP contribution in [-0.4, -0.2) is 70.9 Å². The first-order valence-electron chi connectivity index (χ1n) is 12.7. The van der Waals surface area contributed by atoms with Gasteiger partial charge in [0.15, 0.2) is 16.0 Å². The van der Waals surface area contributed by atoms with E-state index in [1.807, 2.05) is 0 Å². The Labute approximate surface area is 225 Å². The first-order chi connectivity index (χ1) is 19.1.